The summed E-state index contributed by atoms with van der Waals surface area (Å²) < 4.78 is 2.07. The van der Waals surface area contributed by atoms with E-state index < -0.39 is 0 Å². The molecular weight excluding hydrogens is 248 g/mol. The molecule has 0 aliphatic heterocycles. The topological polar surface area (TPSA) is 42.7 Å². The first kappa shape index (κ1) is 17.2. The summed E-state index contributed by atoms with van der Waals surface area (Å²) >= 11 is 0. The lowest BCUT2D eigenvalue weighted by Gasteiger charge is -2.26. The largest absolute Gasteiger partial charge is 0.316 e. The number of hydrogen-bond donors (Lipinski definition) is 1. The summed E-state index contributed by atoms with van der Waals surface area (Å²) in [7, 11) is 2.07. The van der Waals surface area contributed by atoms with Crippen molar-refractivity contribution in [3.05, 3.63) is 12.2 Å². The highest BCUT2D eigenvalue weighted by Crippen LogP contribution is 2.19. The summed E-state index contributed by atoms with van der Waals surface area (Å²) in [6.45, 7) is 9.95. The molecule has 0 radical (unpaired) electrons. The Morgan fingerprint density at radius 2 is 2.05 bits per heavy atom. The molecule has 1 aromatic heterocycles. The SMILES string of the molecule is CCCCC(CC)C(Cc1ncnn1CC(C)C)NC. The van der Waals surface area contributed by atoms with E-state index in [0.717, 1.165) is 24.7 Å². The fraction of sp³-hybridized carbons (Fsp3) is 0.875. The Morgan fingerprint density at radius 3 is 2.60 bits per heavy atom. The average molecular weight is 280 g/mol. The van der Waals surface area contributed by atoms with Gasteiger partial charge in [-0.05, 0) is 25.3 Å². The molecule has 1 rings (SSSR count). The molecule has 0 amide bonds. The number of nitrogens with zero attached hydrogens (tertiary/aromatic N) is 3. The van der Waals surface area contributed by atoms with Gasteiger partial charge in [0.1, 0.15) is 12.2 Å². The van der Waals surface area contributed by atoms with Crippen LogP contribution in [0.1, 0.15) is 59.2 Å². The highest BCUT2D eigenvalue weighted by molar-refractivity contribution is 4.92. The summed E-state index contributed by atoms with van der Waals surface area (Å²) in [5.74, 6) is 2.45. The van der Waals surface area contributed by atoms with E-state index in [4.69, 9.17) is 0 Å². The van der Waals surface area contributed by atoms with Gasteiger partial charge in [0.15, 0.2) is 0 Å². The molecule has 0 aliphatic rings. The summed E-state index contributed by atoms with van der Waals surface area (Å²) in [4.78, 5) is 4.47. The maximum Gasteiger partial charge on any atom is 0.138 e. The van der Waals surface area contributed by atoms with Crippen molar-refractivity contribution in [2.24, 2.45) is 11.8 Å². The van der Waals surface area contributed by atoms with Crippen LogP contribution in [0.15, 0.2) is 6.33 Å². The van der Waals surface area contributed by atoms with Crippen LogP contribution in [0.3, 0.4) is 0 Å². The summed E-state index contributed by atoms with van der Waals surface area (Å²) in [5, 5.41) is 7.87. The molecule has 0 bridgehead atoms. The predicted molar refractivity (Wildman–Crippen MR) is 84.7 cm³/mol. The van der Waals surface area contributed by atoms with Gasteiger partial charge in [0.25, 0.3) is 0 Å². The molecule has 2 unspecified atom stereocenters. The lowest BCUT2D eigenvalue weighted by molar-refractivity contribution is 0.320. The van der Waals surface area contributed by atoms with Gasteiger partial charge in [0.05, 0.1) is 0 Å². The third-order valence-electron chi connectivity index (χ3n) is 4.03. The molecule has 4 nitrogen and oxygen atoms in total. The first-order chi connectivity index (χ1) is 9.62. The molecular formula is C16H32N4. The van der Waals surface area contributed by atoms with Crippen LogP contribution >= 0.6 is 0 Å². The van der Waals surface area contributed by atoms with Crippen molar-refractivity contribution in [3.63, 3.8) is 0 Å². The van der Waals surface area contributed by atoms with Gasteiger partial charge in [0, 0.05) is 19.0 Å². The Kier molecular flexibility index (Phi) is 7.82. The van der Waals surface area contributed by atoms with Gasteiger partial charge < -0.3 is 5.32 Å². The molecule has 0 saturated carbocycles. The molecule has 1 heterocycles. The first-order valence-corrected chi connectivity index (χ1v) is 8.16. The molecule has 1 N–H and O–H groups in total. The number of nitrogens with one attached hydrogen (secondary N) is 1. The lowest BCUT2D eigenvalue weighted by atomic mass is 9.89. The van der Waals surface area contributed by atoms with Crippen molar-refractivity contribution in [2.45, 2.75) is 72.4 Å². The van der Waals surface area contributed by atoms with Crippen molar-refractivity contribution >= 4 is 0 Å². The number of likely N-dealkylation sites (N-methyl/N-ethyl adjacent to an activating group) is 1. The zero-order chi connectivity index (χ0) is 15.0. The van der Waals surface area contributed by atoms with Gasteiger partial charge >= 0.3 is 0 Å². The minimum absolute atomic E-state index is 0.502. The van der Waals surface area contributed by atoms with Gasteiger partial charge in [-0.1, -0.05) is 47.0 Å². The van der Waals surface area contributed by atoms with Crippen LogP contribution in [0.25, 0.3) is 0 Å². The minimum atomic E-state index is 0.502. The molecule has 4 heteroatoms. The van der Waals surface area contributed by atoms with E-state index in [2.05, 4.69) is 54.8 Å². The van der Waals surface area contributed by atoms with Crippen LogP contribution in [-0.4, -0.2) is 27.9 Å². The Bertz CT molecular complexity index is 359. The van der Waals surface area contributed by atoms with Crippen molar-refractivity contribution in [1.29, 1.82) is 0 Å². The Labute approximate surface area is 124 Å². The first-order valence-electron chi connectivity index (χ1n) is 8.16. The van der Waals surface area contributed by atoms with Crippen LogP contribution in [0.5, 0.6) is 0 Å². The van der Waals surface area contributed by atoms with Gasteiger partial charge in [-0.15, -0.1) is 0 Å². The van der Waals surface area contributed by atoms with E-state index in [0.29, 0.717) is 12.0 Å². The normalized spacial score (nSPS) is 14.7. The highest BCUT2D eigenvalue weighted by Gasteiger charge is 2.20. The maximum atomic E-state index is 4.47. The van der Waals surface area contributed by atoms with Crippen LogP contribution in [0.4, 0.5) is 0 Å². The molecule has 0 fully saturated rings. The van der Waals surface area contributed by atoms with Crippen molar-refractivity contribution in [1.82, 2.24) is 20.1 Å². The molecule has 1 aromatic rings. The fourth-order valence-electron chi connectivity index (χ4n) is 2.80. The Hall–Kier alpha value is -0.900. The zero-order valence-electron chi connectivity index (χ0n) is 13.9. The molecule has 2 atom stereocenters. The monoisotopic (exact) mass is 280 g/mol. The van der Waals surface area contributed by atoms with E-state index in [9.17, 15) is 0 Å². The van der Waals surface area contributed by atoms with E-state index in [1.54, 1.807) is 6.33 Å². The fourth-order valence-corrected chi connectivity index (χ4v) is 2.80. The number of unbranched alkanes of at least 4 members (excludes halogenated alkanes) is 1. The summed E-state index contributed by atoms with van der Waals surface area (Å²) in [6.07, 6.45) is 7.79. The van der Waals surface area contributed by atoms with Crippen LogP contribution in [0.2, 0.25) is 0 Å². The molecule has 0 aromatic carbocycles. The van der Waals surface area contributed by atoms with Crippen molar-refractivity contribution in [2.75, 3.05) is 7.05 Å². The Morgan fingerprint density at radius 1 is 1.30 bits per heavy atom. The van der Waals surface area contributed by atoms with Crippen LogP contribution in [0, 0.1) is 11.8 Å². The van der Waals surface area contributed by atoms with Gasteiger partial charge in [0.2, 0.25) is 0 Å². The third-order valence-corrected chi connectivity index (χ3v) is 4.03. The van der Waals surface area contributed by atoms with Crippen LogP contribution < -0.4 is 5.32 Å². The van der Waals surface area contributed by atoms with Crippen LogP contribution in [-0.2, 0) is 13.0 Å². The van der Waals surface area contributed by atoms with Gasteiger partial charge in [-0.3, -0.25) is 0 Å². The van der Waals surface area contributed by atoms with Gasteiger partial charge in [-0.25, -0.2) is 9.67 Å². The Balaban J connectivity index is 2.69. The molecule has 116 valence electrons. The third kappa shape index (κ3) is 5.23. The lowest BCUT2D eigenvalue weighted by Crippen LogP contribution is -2.36. The number of aromatic nitrogens is 3. The molecule has 0 aliphatic carbocycles. The van der Waals surface area contributed by atoms with E-state index in [1.165, 1.54) is 25.7 Å². The number of rotatable bonds is 10. The zero-order valence-corrected chi connectivity index (χ0v) is 13.9. The highest BCUT2D eigenvalue weighted by atomic mass is 15.3. The second-order valence-electron chi connectivity index (χ2n) is 6.16. The summed E-state index contributed by atoms with van der Waals surface area (Å²) in [5.41, 5.74) is 0. The van der Waals surface area contributed by atoms with Crippen molar-refractivity contribution in [3.8, 4) is 0 Å². The average Bonchev–Trinajstić information content (AvgIpc) is 2.84. The molecule has 0 saturated heterocycles. The smallest absolute Gasteiger partial charge is 0.138 e. The summed E-state index contributed by atoms with van der Waals surface area (Å²) in [6, 6.07) is 0.502. The van der Waals surface area contributed by atoms with E-state index in [-0.39, 0.29) is 0 Å². The second kappa shape index (κ2) is 9.11. The standard InChI is InChI=1S/C16H32N4/c1-6-8-9-14(7-2)15(17-5)10-16-18-12-19-20(16)11-13(3)4/h12-15,17H,6-11H2,1-5H3. The number of hydrogen-bond acceptors (Lipinski definition) is 3. The van der Waals surface area contributed by atoms with E-state index in [1.807, 2.05) is 0 Å². The second-order valence-corrected chi connectivity index (χ2v) is 6.16. The predicted octanol–water partition coefficient (Wildman–Crippen LogP) is 3.28. The van der Waals surface area contributed by atoms with Crippen molar-refractivity contribution < 1.29 is 0 Å². The molecule has 20 heavy (non-hydrogen) atoms. The van der Waals surface area contributed by atoms with Gasteiger partial charge in [-0.2, -0.15) is 5.10 Å². The minimum Gasteiger partial charge on any atom is -0.316 e. The van der Waals surface area contributed by atoms with E-state index >= 15 is 0 Å². The quantitative estimate of drug-likeness (QED) is 0.715. The maximum absolute atomic E-state index is 4.47. The molecule has 0 spiro atoms.